The second kappa shape index (κ2) is 10.7. The van der Waals surface area contributed by atoms with Crippen LogP contribution in [0.4, 0.5) is 0 Å². The minimum atomic E-state index is -3.80. The van der Waals surface area contributed by atoms with Crippen LogP contribution < -0.4 is 15.7 Å². The predicted molar refractivity (Wildman–Crippen MR) is 132 cm³/mol. The first-order valence-corrected chi connectivity index (χ1v) is 14.2. The Hall–Kier alpha value is -2.00. The average molecular weight is 471 g/mol. The monoisotopic (exact) mass is 471 g/mol. The van der Waals surface area contributed by atoms with Gasteiger partial charge in [0.1, 0.15) is 0 Å². The fourth-order valence-electron chi connectivity index (χ4n) is 3.89. The lowest BCUT2D eigenvalue weighted by molar-refractivity contribution is 0.190. The Balaban J connectivity index is 2.31. The number of nitrogens with one attached hydrogen (secondary N) is 1. The van der Waals surface area contributed by atoms with Crippen molar-refractivity contribution in [3.05, 3.63) is 96.6 Å². The summed E-state index contributed by atoms with van der Waals surface area (Å²) in [7, 11) is -7.26. The molecule has 5 nitrogen and oxygen atoms in total. The highest BCUT2D eigenvalue weighted by molar-refractivity contribution is 7.77. The van der Waals surface area contributed by atoms with E-state index >= 15 is 0 Å². The van der Waals surface area contributed by atoms with Gasteiger partial charge in [0, 0.05) is 10.6 Å². The van der Waals surface area contributed by atoms with E-state index in [-0.39, 0.29) is 13.2 Å². The standard InChI is InChI=1S/C25H31NO4P2/c1-4-25(22-16-10-7-11-17-22,32(28,29-5-2)30-6-3)26-31(27,23-18-12-8-13-19-23)24-20-14-9-15-21-24/h7-21H,4-6H2,1-3H3,(H,26,27)/t25-/m0/s1. The maximum Gasteiger partial charge on any atom is 0.355 e. The smallest absolute Gasteiger partial charge is 0.307 e. The molecular weight excluding hydrogens is 440 g/mol. The van der Waals surface area contributed by atoms with Crippen LogP contribution in [0.1, 0.15) is 32.8 Å². The van der Waals surface area contributed by atoms with E-state index in [1.54, 1.807) is 13.8 Å². The Morgan fingerprint density at radius 3 is 1.47 bits per heavy atom. The van der Waals surface area contributed by atoms with Crippen LogP contribution in [-0.2, 0) is 23.5 Å². The SMILES string of the molecule is CCOP(=O)(OCC)[C@](CC)(NP(=O)(c1ccccc1)c1ccccc1)c1ccccc1. The van der Waals surface area contributed by atoms with E-state index in [1.807, 2.05) is 97.9 Å². The first kappa shape index (κ1) is 24.6. The molecule has 3 aromatic carbocycles. The fraction of sp³-hybridized carbons (Fsp3) is 0.280. The van der Waals surface area contributed by atoms with Gasteiger partial charge in [0.15, 0.2) is 5.28 Å². The molecule has 0 aromatic heterocycles. The van der Waals surface area contributed by atoms with Crippen LogP contribution in [0, 0.1) is 0 Å². The molecule has 1 N–H and O–H groups in total. The van der Waals surface area contributed by atoms with Gasteiger partial charge in [-0.2, -0.15) is 0 Å². The van der Waals surface area contributed by atoms with Crippen molar-refractivity contribution in [1.29, 1.82) is 0 Å². The summed E-state index contributed by atoms with van der Waals surface area (Å²) in [6.07, 6.45) is 0.345. The first-order valence-electron chi connectivity index (χ1n) is 10.9. The molecule has 0 radical (unpaired) electrons. The average Bonchev–Trinajstić information content (AvgIpc) is 2.84. The second-order valence-electron chi connectivity index (χ2n) is 7.31. The molecule has 0 spiro atoms. The van der Waals surface area contributed by atoms with Crippen molar-refractivity contribution >= 4 is 25.5 Å². The Morgan fingerprint density at radius 1 is 0.688 bits per heavy atom. The summed E-state index contributed by atoms with van der Waals surface area (Å²) in [5.41, 5.74) is 0.708. The lowest BCUT2D eigenvalue weighted by Gasteiger charge is -2.42. The van der Waals surface area contributed by atoms with Crippen molar-refractivity contribution in [2.45, 2.75) is 32.5 Å². The van der Waals surface area contributed by atoms with Gasteiger partial charge in [-0.25, -0.2) is 5.09 Å². The van der Waals surface area contributed by atoms with Crippen LogP contribution in [-0.4, -0.2) is 13.2 Å². The zero-order chi connectivity index (χ0) is 23.1. The molecule has 0 fully saturated rings. The molecule has 0 saturated carbocycles. The molecular formula is C25H31NO4P2. The van der Waals surface area contributed by atoms with Crippen molar-refractivity contribution in [2.24, 2.45) is 0 Å². The van der Waals surface area contributed by atoms with E-state index < -0.39 is 20.2 Å². The third-order valence-electron chi connectivity index (χ3n) is 5.41. The van der Waals surface area contributed by atoms with Gasteiger partial charge in [0.2, 0.25) is 7.29 Å². The van der Waals surface area contributed by atoms with Crippen molar-refractivity contribution in [3.8, 4) is 0 Å². The van der Waals surface area contributed by atoms with Crippen LogP contribution in [0.15, 0.2) is 91.0 Å². The quantitative estimate of drug-likeness (QED) is 0.346. The van der Waals surface area contributed by atoms with Crippen LogP contribution in [0.2, 0.25) is 0 Å². The van der Waals surface area contributed by atoms with Crippen molar-refractivity contribution < 1.29 is 18.2 Å². The highest BCUT2D eigenvalue weighted by Crippen LogP contribution is 2.67. The summed E-state index contributed by atoms with van der Waals surface area (Å²) in [5, 5.41) is 3.33. The van der Waals surface area contributed by atoms with Gasteiger partial charge in [0.25, 0.3) is 0 Å². The van der Waals surface area contributed by atoms with Crippen LogP contribution in [0.5, 0.6) is 0 Å². The van der Waals surface area contributed by atoms with E-state index in [0.29, 0.717) is 22.6 Å². The molecule has 0 saturated heterocycles. The summed E-state index contributed by atoms with van der Waals surface area (Å²) < 4.78 is 41.0. The molecule has 3 rings (SSSR count). The molecule has 7 heteroatoms. The lowest BCUT2D eigenvalue weighted by Crippen LogP contribution is -2.45. The van der Waals surface area contributed by atoms with Crippen LogP contribution in [0.25, 0.3) is 0 Å². The van der Waals surface area contributed by atoms with Crippen molar-refractivity contribution in [3.63, 3.8) is 0 Å². The molecule has 1 atom stereocenters. The number of rotatable bonds is 11. The van der Waals surface area contributed by atoms with Gasteiger partial charge >= 0.3 is 7.60 Å². The maximum atomic E-state index is 14.9. The topological polar surface area (TPSA) is 64.6 Å². The normalized spacial score (nSPS) is 14.1. The molecule has 32 heavy (non-hydrogen) atoms. The molecule has 0 aliphatic rings. The Bertz CT molecular complexity index is 1020. The molecule has 0 unspecified atom stereocenters. The molecule has 0 bridgehead atoms. The third kappa shape index (κ3) is 4.69. The number of hydrogen-bond acceptors (Lipinski definition) is 4. The van der Waals surface area contributed by atoms with E-state index in [9.17, 15) is 9.13 Å². The number of hydrogen-bond donors (Lipinski definition) is 1. The minimum absolute atomic E-state index is 0.203. The Morgan fingerprint density at radius 2 is 1.09 bits per heavy atom. The minimum Gasteiger partial charge on any atom is -0.307 e. The third-order valence-corrected chi connectivity index (χ3v) is 11.2. The highest BCUT2D eigenvalue weighted by Gasteiger charge is 2.54. The maximum absolute atomic E-state index is 14.9. The lowest BCUT2D eigenvalue weighted by atomic mass is 10.1. The van der Waals surface area contributed by atoms with Gasteiger partial charge in [-0.1, -0.05) is 73.7 Å². The van der Waals surface area contributed by atoms with Crippen LogP contribution >= 0.6 is 14.9 Å². The molecule has 0 aliphatic heterocycles. The molecule has 170 valence electrons. The highest BCUT2D eigenvalue weighted by atomic mass is 31.2. The Labute approximate surface area is 191 Å². The first-order chi connectivity index (χ1) is 15.5. The van der Waals surface area contributed by atoms with Crippen molar-refractivity contribution in [2.75, 3.05) is 13.2 Å². The molecule has 0 aliphatic carbocycles. The van der Waals surface area contributed by atoms with E-state index in [0.717, 1.165) is 0 Å². The summed E-state index contributed by atoms with van der Waals surface area (Å²) in [4.78, 5) is 0. The van der Waals surface area contributed by atoms with Gasteiger partial charge in [-0.05, 0) is 50.1 Å². The molecule has 0 amide bonds. The van der Waals surface area contributed by atoms with Gasteiger partial charge in [-0.3, -0.25) is 9.13 Å². The summed E-state index contributed by atoms with van der Waals surface area (Å²) >= 11 is 0. The zero-order valence-electron chi connectivity index (χ0n) is 18.8. The molecule has 3 aromatic rings. The summed E-state index contributed by atoms with van der Waals surface area (Å²) in [6.45, 7) is 5.88. The summed E-state index contributed by atoms with van der Waals surface area (Å²) in [5.74, 6) is 0. The zero-order valence-corrected chi connectivity index (χ0v) is 20.6. The van der Waals surface area contributed by atoms with Gasteiger partial charge in [-0.15, -0.1) is 0 Å². The van der Waals surface area contributed by atoms with E-state index in [4.69, 9.17) is 9.05 Å². The molecule has 0 heterocycles. The van der Waals surface area contributed by atoms with Gasteiger partial charge in [0.05, 0.1) is 13.2 Å². The summed E-state index contributed by atoms with van der Waals surface area (Å²) in [6, 6.07) is 27.9. The Kier molecular flexibility index (Phi) is 8.27. The van der Waals surface area contributed by atoms with Gasteiger partial charge < -0.3 is 9.05 Å². The second-order valence-corrected chi connectivity index (χ2v) is 12.1. The fourth-order valence-corrected chi connectivity index (χ4v) is 9.40. The van der Waals surface area contributed by atoms with E-state index in [1.165, 1.54) is 0 Å². The van der Waals surface area contributed by atoms with Crippen molar-refractivity contribution in [1.82, 2.24) is 5.09 Å². The number of benzene rings is 3. The predicted octanol–water partition coefficient (Wildman–Crippen LogP) is 6.03. The van der Waals surface area contributed by atoms with Crippen LogP contribution in [0.3, 0.4) is 0 Å². The largest absolute Gasteiger partial charge is 0.355 e. The van der Waals surface area contributed by atoms with E-state index in [2.05, 4.69) is 5.09 Å².